The third kappa shape index (κ3) is 2.59. The molecule has 0 aliphatic carbocycles. The number of nitrogens with two attached hydrogens (primary N) is 1. The quantitative estimate of drug-likeness (QED) is 0.885. The van der Waals surface area contributed by atoms with Crippen molar-refractivity contribution < 1.29 is 4.79 Å². The number of aromatic nitrogens is 2. The van der Waals surface area contributed by atoms with Crippen LogP contribution in [0.2, 0.25) is 0 Å². The number of carbonyl (C=O) groups is 1. The van der Waals surface area contributed by atoms with E-state index in [1.807, 2.05) is 26.2 Å². The lowest BCUT2D eigenvalue weighted by atomic mass is 10.0. The first-order valence-electron chi connectivity index (χ1n) is 5.64. The zero-order valence-electron chi connectivity index (χ0n) is 10.7. The van der Waals surface area contributed by atoms with Gasteiger partial charge in [-0.1, -0.05) is 0 Å². The van der Waals surface area contributed by atoms with E-state index in [0.717, 1.165) is 21.6 Å². The van der Waals surface area contributed by atoms with Crippen molar-refractivity contribution >= 4 is 33.3 Å². The summed E-state index contributed by atoms with van der Waals surface area (Å²) in [6.45, 7) is 5.86. The highest BCUT2D eigenvalue weighted by Gasteiger charge is 2.22. The zero-order chi connectivity index (χ0) is 13.3. The molecule has 2 aromatic rings. The van der Waals surface area contributed by atoms with E-state index in [1.165, 1.54) is 6.33 Å². The highest BCUT2D eigenvalue weighted by atomic mass is 32.1. The Morgan fingerprint density at radius 3 is 2.89 bits per heavy atom. The summed E-state index contributed by atoms with van der Waals surface area (Å²) < 4.78 is 1.01. The molecule has 5 nitrogen and oxygen atoms in total. The molecule has 0 atom stereocenters. The molecule has 0 fully saturated rings. The average Bonchev–Trinajstić information content (AvgIpc) is 2.59. The van der Waals surface area contributed by atoms with E-state index in [4.69, 9.17) is 5.73 Å². The van der Waals surface area contributed by atoms with Crippen LogP contribution in [-0.2, 0) is 4.79 Å². The number of hydrogen-bond donors (Lipinski definition) is 2. The Labute approximate surface area is 109 Å². The summed E-state index contributed by atoms with van der Waals surface area (Å²) in [6.07, 6.45) is 1.79. The lowest BCUT2D eigenvalue weighted by Gasteiger charge is -2.25. The average molecular weight is 264 g/mol. The van der Waals surface area contributed by atoms with Crippen LogP contribution >= 0.6 is 11.3 Å². The van der Waals surface area contributed by atoms with Gasteiger partial charge < -0.3 is 11.1 Å². The summed E-state index contributed by atoms with van der Waals surface area (Å²) in [7, 11) is 0. The van der Waals surface area contributed by atoms with Crippen molar-refractivity contribution in [3.05, 3.63) is 17.3 Å². The van der Waals surface area contributed by atoms with Gasteiger partial charge in [0.2, 0.25) is 5.91 Å². The zero-order valence-corrected chi connectivity index (χ0v) is 11.5. The molecule has 6 heteroatoms. The summed E-state index contributed by atoms with van der Waals surface area (Å²) in [4.78, 5) is 19.5. The molecule has 0 aromatic carbocycles. The van der Waals surface area contributed by atoms with Crippen LogP contribution in [0.5, 0.6) is 0 Å². The Morgan fingerprint density at radius 1 is 1.50 bits per heavy atom. The van der Waals surface area contributed by atoms with E-state index in [1.54, 1.807) is 11.3 Å². The van der Waals surface area contributed by atoms with Crippen molar-refractivity contribution in [2.24, 2.45) is 5.73 Å². The minimum absolute atomic E-state index is 0.253. The van der Waals surface area contributed by atoms with E-state index in [-0.39, 0.29) is 12.3 Å². The third-order valence-electron chi connectivity index (χ3n) is 2.60. The van der Waals surface area contributed by atoms with Crippen LogP contribution < -0.4 is 11.1 Å². The number of hydrogen-bond acceptors (Lipinski definition) is 5. The van der Waals surface area contributed by atoms with Gasteiger partial charge in [-0.15, -0.1) is 11.3 Å². The first-order chi connectivity index (χ1) is 8.39. The van der Waals surface area contributed by atoms with Crippen LogP contribution in [0.25, 0.3) is 10.2 Å². The summed E-state index contributed by atoms with van der Waals surface area (Å²) in [5.41, 5.74) is 6.90. The molecule has 18 heavy (non-hydrogen) atoms. The van der Waals surface area contributed by atoms with Gasteiger partial charge in [-0.3, -0.25) is 4.79 Å². The van der Waals surface area contributed by atoms with E-state index in [9.17, 15) is 4.79 Å². The van der Waals surface area contributed by atoms with Crippen LogP contribution in [0.1, 0.15) is 25.8 Å². The maximum Gasteiger partial charge on any atom is 0.219 e. The second-order valence-corrected chi connectivity index (χ2v) is 5.85. The molecule has 2 rings (SSSR count). The van der Waals surface area contributed by atoms with Crippen LogP contribution in [0.4, 0.5) is 5.82 Å². The molecule has 3 N–H and O–H groups in total. The highest BCUT2D eigenvalue weighted by Crippen LogP contribution is 2.30. The standard InChI is InChI=1S/C12H16N4OS/c1-7-5-18-10-9(7)14-6-15-11(10)16-12(2,3)4-8(13)17/h5-6H,4H2,1-3H3,(H2,13,17)(H,14,15,16). The Balaban J connectivity index is 2.34. The first-order valence-corrected chi connectivity index (χ1v) is 6.52. The van der Waals surface area contributed by atoms with Gasteiger partial charge in [0.15, 0.2) is 0 Å². The van der Waals surface area contributed by atoms with Crippen molar-refractivity contribution in [1.82, 2.24) is 9.97 Å². The van der Waals surface area contributed by atoms with E-state index in [2.05, 4.69) is 15.3 Å². The fraction of sp³-hybridized carbons (Fsp3) is 0.417. The lowest BCUT2D eigenvalue weighted by Crippen LogP contribution is -2.36. The third-order valence-corrected chi connectivity index (χ3v) is 3.70. The topological polar surface area (TPSA) is 80.9 Å². The molecule has 0 saturated carbocycles. The van der Waals surface area contributed by atoms with Crippen molar-refractivity contribution in [2.45, 2.75) is 32.7 Å². The number of nitrogens with one attached hydrogen (secondary N) is 1. The number of amides is 1. The molecule has 96 valence electrons. The minimum Gasteiger partial charge on any atom is -0.370 e. The Kier molecular flexibility index (Phi) is 3.21. The highest BCUT2D eigenvalue weighted by molar-refractivity contribution is 7.18. The Hall–Kier alpha value is -1.69. The number of rotatable bonds is 4. The second-order valence-electron chi connectivity index (χ2n) is 4.97. The number of fused-ring (bicyclic) bond motifs is 1. The van der Waals surface area contributed by atoms with Gasteiger partial charge in [0, 0.05) is 12.0 Å². The predicted octanol–water partition coefficient (Wildman–Crippen LogP) is 2.07. The van der Waals surface area contributed by atoms with Crippen LogP contribution in [0.15, 0.2) is 11.7 Å². The number of aryl methyl sites for hydroxylation is 1. The maximum absolute atomic E-state index is 11.0. The van der Waals surface area contributed by atoms with Gasteiger partial charge in [0.1, 0.15) is 12.1 Å². The fourth-order valence-electron chi connectivity index (χ4n) is 1.86. The first kappa shape index (κ1) is 12.8. The molecule has 0 bridgehead atoms. The lowest BCUT2D eigenvalue weighted by molar-refractivity contribution is -0.118. The summed E-state index contributed by atoms with van der Waals surface area (Å²) in [6, 6.07) is 0. The van der Waals surface area contributed by atoms with Gasteiger partial charge in [0.25, 0.3) is 0 Å². The SMILES string of the molecule is Cc1csc2c(NC(C)(C)CC(N)=O)ncnc12. The number of primary amides is 1. The van der Waals surface area contributed by atoms with Crippen LogP contribution in [0, 0.1) is 6.92 Å². The van der Waals surface area contributed by atoms with Crippen molar-refractivity contribution in [3.63, 3.8) is 0 Å². The van der Waals surface area contributed by atoms with Gasteiger partial charge in [-0.25, -0.2) is 9.97 Å². The molecule has 0 saturated heterocycles. The molecule has 0 aliphatic rings. The molecular formula is C12H16N4OS. The molecule has 2 aromatic heterocycles. The maximum atomic E-state index is 11.0. The van der Waals surface area contributed by atoms with E-state index in [0.29, 0.717) is 0 Å². The number of thiophene rings is 1. The summed E-state index contributed by atoms with van der Waals surface area (Å²) >= 11 is 1.60. The monoisotopic (exact) mass is 264 g/mol. The van der Waals surface area contributed by atoms with Gasteiger partial charge >= 0.3 is 0 Å². The van der Waals surface area contributed by atoms with Crippen LogP contribution in [-0.4, -0.2) is 21.4 Å². The Bertz CT molecular complexity index is 591. The minimum atomic E-state index is -0.426. The van der Waals surface area contributed by atoms with Gasteiger partial charge in [-0.2, -0.15) is 0 Å². The molecule has 2 heterocycles. The van der Waals surface area contributed by atoms with Crippen molar-refractivity contribution in [2.75, 3.05) is 5.32 Å². The smallest absolute Gasteiger partial charge is 0.219 e. The molecular weight excluding hydrogens is 248 g/mol. The molecule has 0 unspecified atom stereocenters. The normalized spacial score (nSPS) is 11.7. The van der Waals surface area contributed by atoms with E-state index >= 15 is 0 Å². The van der Waals surface area contributed by atoms with Gasteiger partial charge in [0.05, 0.1) is 10.2 Å². The number of nitrogens with zero attached hydrogens (tertiary/aromatic N) is 2. The number of carbonyl (C=O) groups excluding carboxylic acids is 1. The second kappa shape index (κ2) is 4.53. The molecule has 1 amide bonds. The van der Waals surface area contributed by atoms with Crippen molar-refractivity contribution in [3.8, 4) is 0 Å². The van der Waals surface area contributed by atoms with E-state index < -0.39 is 5.54 Å². The van der Waals surface area contributed by atoms with Crippen molar-refractivity contribution in [1.29, 1.82) is 0 Å². The largest absolute Gasteiger partial charge is 0.370 e. The summed E-state index contributed by atoms with van der Waals surface area (Å²) in [5.74, 6) is 0.421. The predicted molar refractivity (Wildman–Crippen MR) is 73.7 cm³/mol. The van der Waals surface area contributed by atoms with Gasteiger partial charge in [-0.05, 0) is 31.7 Å². The Morgan fingerprint density at radius 2 is 2.22 bits per heavy atom. The molecule has 0 aliphatic heterocycles. The van der Waals surface area contributed by atoms with Crippen LogP contribution in [0.3, 0.4) is 0 Å². The summed E-state index contributed by atoms with van der Waals surface area (Å²) in [5, 5.41) is 5.31. The molecule has 0 spiro atoms. The fourth-order valence-corrected chi connectivity index (χ4v) is 2.81. The number of anilines is 1. The molecule has 0 radical (unpaired) electrons.